The van der Waals surface area contributed by atoms with Gasteiger partial charge in [-0.05, 0) is 37.9 Å². The summed E-state index contributed by atoms with van der Waals surface area (Å²) in [7, 11) is 0. The highest BCUT2D eigenvalue weighted by Gasteiger charge is 2.36. The van der Waals surface area contributed by atoms with Crippen LogP contribution in [0.4, 0.5) is 0 Å². The van der Waals surface area contributed by atoms with Crippen molar-refractivity contribution in [2.45, 2.75) is 37.5 Å². The number of hydrogen-bond acceptors (Lipinski definition) is 2. The molecule has 4 rings (SSSR count). The van der Waals surface area contributed by atoms with Crippen LogP contribution in [0, 0.1) is 4.84 Å². The maximum Gasteiger partial charge on any atom is 0.266 e. The Labute approximate surface area is 76.0 Å². The Morgan fingerprint density at radius 1 is 1.17 bits per heavy atom. The third-order valence-electron chi connectivity index (χ3n) is 3.21. The lowest BCUT2D eigenvalue weighted by Crippen LogP contribution is -2.20. The highest BCUT2D eigenvalue weighted by molar-refractivity contribution is 7.71. The molecule has 0 saturated heterocycles. The van der Waals surface area contributed by atoms with Crippen molar-refractivity contribution in [3.63, 3.8) is 0 Å². The molecule has 3 aliphatic carbocycles. The molecule has 0 aromatic carbocycles. The van der Waals surface area contributed by atoms with Gasteiger partial charge in [-0.3, -0.25) is 0 Å². The predicted molar refractivity (Wildman–Crippen MR) is 47.8 cm³/mol. The SMILES string of the molecule is S=c1[nH]c2c(o1)C1CCC2CC1. The van der Waals surface area contributed by atoms with E-state index in [1.54, 1.807) is 0 Å². The molecular weight excluding hydrogens is 170 g/mol. The monoisotopic (exact) mass is 181 g/mol. The summed E-state index contributed by atoms with van der Waals surface area (Å²) < 4.78 is 5.50. The fraction of sp³-hybridized carbons (Fsp3) is 0.667. The number of aromatic amines is 1. The average molecular weight is 181 g/mol. The summed E-state index contributed by atoms with van der Waals surface area (Å²) in [6.07, 6.45) is 5.24. The van der Waals surface area contributed by atoms with Gasteiger partial charge in [-0.15, -0.1) is 0 Å². The molecule has 1 fully saturated rings. The van der Waals surface area contributed by atoms with Crippen LogP contribution in [0.5, 0.6) is 0 Å². The Hall–Kier alpha value is -0.570. The van der Waals surface area contributed by atoms with Crippen molar-refractivity contribution in [1.29, 1.82) is 0 Å². The Morgan fingerprint density at radius 3 is 2.50 bits per heavy atom. The van der Waals surface area contributed by atoms with Crippen LogP contribution in [0.1, 0.15) is 49.0 Å². The molecule has 12 heavy (non-hydrogen) atoms. The molecule has 1 aromatic rings. The summed E-state index contributed by atoms with van der Waals surface area (Å²) in [4.78, 5) is 3.74. The molecule has 1 heterocycles. The number of fused-ring (bicyclic) bond motifs is 2. The molecule has 2 bridgehead atoms. The van der Waals surface area contributed by atoms with Crippen LogP contribution < -0.4 is 0 Å². The fourth-order valence-corrected chi connectivity index (χ4v) is 2.80. The first-order valence-corrected chi connectivity index (χ1v) is 4.98. The first-order chi connectivity index (χ1) is 5.84. The van der Waals surface area contributed by atoms with E-state index in [0.717, 1.165) is 0 Å². The standard InChI is InChI=1S/C9H11NOS/c12-9-10-7-5-1-3-6(4-2-5)8(7)11-9/h5-6H,1-4H2,(H,10,12). The quantitative estimate of drug-likeness (QED) is 0.623. The van der Waals surface area contributed by atoms with Crippen molar-refractivity contribution >= 4 is 12.2 Å². The predicted octanol–water partition coefficient (Wildman–Crippen LogP) is 3.09. The number of rotatable bonds is 0. The van der Waals surface area contributed by atoms with Crippen LogP contribution >= 0.6 is 12.2 Å². The zero-order valence-electron chi connectivity index (χ0n) is 6.80. The molecule has 0 aliphatic heterocycles. The summed E-state index contributed by atoms with van der Waals surface area (Å²) >= 11 is 4.99. The van der Waals surface area contributed by atoms with Crippen molar-refractivity contribution in [3.05, 3.63) is 16.3 Å². The van der Waals surface area contributed by atoms with Gasteiger partial charge in [-0.1, -0.05) is 0 Å². The van der Waals surface area contributed by atoms with Gasteiger partial charge >= 0.3 is 0 Å². The van der Waals surface area contributed by atoms with E-state index in [-0.39, 0.29) is 0 Å². The lowest BCUT2D eigenvalue weighted by atomic mass is 9.72. The topological polar surface area (TPSA) is 28.9 Å². The highest BCUT2D eigenvalue weighted by atomic mass is 32.1. The maximum absolute atomic E-state index is 5.50. The minimum atomic E-state index is 0.568. The zero-order chi connectivity index (χ0) is 8.13. The number of nitrogens with one attached hydrogen (secondary N) is 1. The number of H-pyrrole nitrogens is 1. The van der Waals surface area contributed by atoms with Crippen molar-refractivity contribution < 1.29 is 4.42 Å². The molecule has 0 atom stereocenters. The number of hydrogen-bond donors (Lipinski definition) is 1. The van der Waals surface area contributed by atoms with Crippen LogP contribution in [-0.2, 0) is 0 Å². The third-order valence-corrected chi connectivity index (χ3v) is 3.40. The van der Waals surface area contributed by atoms with Gasteiger partial charge in [0, 0.05) is 11.8 Å². The minimum Gasteiger partial charge on any atom is -0.434 e. The fourth-order valence-electron chi connectivity index (χ4n) is 2.60. The van der Waals surface area contributed by atoms with Crippen molar-refractivity contribution in [1.82, 2.24) is 4.98 Å². The van der Waals surface area contributed by atoms with E-state index in [1.807, 2.05) is 0 Å². The first kappa shape index (κ1) is 6.89. The van der Waals surface area contributed by atoms with E-state index in [0.29, 0.717) is 16.7 Å². The van der Waals surface area contributed by atoms with Gasteiger partial charge in [-0.2, -0.15) is 0 Å². The van der Waals surface area contributed by atoms with Gasteiger partial charge in [0.05, 0.1) is 5.69 Å². The van der Waals surface area contributed by atoms with Crippen molar-refractivity contribution in [2.75, 3.05) is 0 Å². The molecule has 1 saturated carbocycles. The molecule has 0 radical (unpaired) electrons. The molecule has 3 heteroatoms. The largest absolute Gasteiger partial charge is 0.434 e. The zero-order valence-corrected chi connectivity index (χ0v) is 7.62. The molecule has 0 spiro atoms. The van der Waals surface area contributed by atoms with Crippen molar-refractivity contribution in [2.24, 2.45) is 0 Å². The van der Waals surface area contributed by atoms with Crippen LogP contribution in [0.15, 0.2) is 4.42 Å². The average Bonchev–Trinajstić information content (AvgIpc) is 2.49. The third kappa shape index (κ3) is 0.774. The lowest BCUT2D eigenvalue weighted by molar-refractivity contribution is 0.304. The normalized spacial score (nSPS) is 32.0. The molecule has 1 aromatic heterocycles. The first-order valence-electron chi connectivity index (χ1n) is 4.57. The second-order valence-electron chi connectivity index (χ2n) is 3.84. The Morgan fingerprint density at radius 2 is 1.83 bits per heavy atom. The van der Waals surface area contributed by atoms with E-state index >= 15 is 0 Å². The van der Waals surface area contributed by atoms with E-state index in [2.05, 4.69) is 4.98 Å². The summed E-state index contributed by atoms with van der Waals surface area (Å²) in [6, 6.07) is 0. The summed E-state index contributed by atoms with van der Waals surface area (Å²) in [5, 5.41) is 0. The van der Waals surface area contributed by atoms with Gasteiger partial charge in [0.25, 0.3) is 4.84 Å². The second-order valence-corrected chi connectivity index (χ2v) is 4.21. The van der Waals surface area contributed by atoms with Gasteiger partial charge < -0.3 is 9.40 Å². The smallest absolute Gasteiger partial charge is 0.266 e. The summed E-state index contributed by atoms with van der Waals surface area (Å²) in [6.45, 7) is 0. The highest BCUT2D eigenvalue weighted by Crippen LogP contribution is 2.48. The van der Waals surface area contributed by atoms with Crippen LogP contribution in [0.3, 0.4) is 0 Å². The lowest BCUT2D eigenvalue weighted by Gasteiger charge is -2.33. The van der Waals surface area contributed by atoms with Gasteiger partial charge in [0.2, 0.25) is 0 Å². The Bertz CT molecular complexity index is 324. The van der Waals surface area contributed by atoms with E-state index in [9.17, 15) is 0 Å². The second kappa shape index (κ2) is 2.22. The van der Waals surface area contributed by atoms with E-state index in [4.69, 9.17) is 16.6 Å². The number of aromatic nitrogens is 1. The van der Waals surface area contributed by atoms with Gasteiger partial charge in [0.1, 0.15) is 5.76 Å². The van der Waals surface area contributed by atoms with Crippen LogP contribution in [-0.4, -0.2) is 4.98 Å². The molecular formula is C9H11NOS. The molecule has 3 aliphatic rings. The molecule has 1 N–H and O–H groups in total. The van der Waals surface area contributed by atoms with E-state index in [1.165, 1.54) is 37.1 Å². The molecule has 0 unspecified atom stereocenters. The van der Waals surface area contributed by atoms with E-state index < -0.39 is 0 Å². The Kier molecular flexibility index (Phi) is 1.28. The van der Waals surface area contributed by atoms with Crippen LogP contribution in [0.2, 0.25) is 0 Å². The Balaban J connectivity index is 2.24. The maximum atomic E-state index is 5.50. The molecule has 64 valence electrons. The number of oxazole rings is 1. The summed E-state index contributed by atoms with van der Waals surface area (Å²) in [5.74, 6) is 2.55. The van der Waals surface area contributed by atoms with Crippen molar-refractivity contribution in [3.8, 4) is 0 Å². The van der Waals surface area contributed by atoms with Gasteiger partial charge in [-0.25, -0.2) is 0 Å². The molecule has 2 nitrogen and oxygen atoms in total. The van der Waals surface area contributed by atoms with Crippen LogP contribution in [0.25, 0.3) is 0 Å². The minimum absolute atomic E-state index is 0.568. The summed E-state index contributed by atoms with van der Waals surface area (Å²) in [5.41, 5.74) is 1.31. The van der Waals surface area contributed by atoms with Gasteiger partial charge in [0.15, 0.2) is 0 Å². The molecule has 0 amide bonds.